The molecule has 0 aromatic heterocycles. The Morgan fingerprint density at radius 2 is 1.79 bits per heavy atom. The Bertz CT molecular complexity index is 592. The van der Waals surface area contributed by atoms with Crippen molar-refractivity contribution >= 4 is 29.0 Å². The van der Waals surface area contributed by atoms with Gasteiger partial charge in [0, 0.05) is 10.6 Å². The first-order valence-electron chi connectivity index (χ1n) is 5.74. The van der Waals surface area contributed by atoms with Crippen LogP contribution in [0.4, 0.5) is 0 Å². The highest BCUT2D eigenvalue weighted by Crippen LogP contribution is 2.21. The summed E-state index contributed by atoms with van der Waals surface area (Å²) in [5.41, 5.74) is 1.55. The zero-order valence-corrected chi connectivity index (χ0v) is 11.8. The van der Waals surface area contributed by atoms with E-state index in [0.29, 0.717) is 21.4 Å². The summed E-state index contributed by atoms with van der Waals surface area (Å²) in [4.78, 5) is 12.0. The molecule has 19 heavy (non-hydrogen) atoms. The van der Waals surface area contributed by atoms with E-state index in [2.05, 4.69) is 0 Å². The Kier molecular flexibility index (Phi) is 4.46. The number of carbonyl (C=O) groups is 1. The van der Waals surface area contributed by atoms with Crippen LogP contribution in [0, 0.1) is 6.92 Å². The van der Waals surface area contributed by atoms with Gasteiger partial charge in [0.2, 0.25) is 5.78 Å². The van der Waals surface area contributed by atoms with Crippen LogP contribution in [0.25, 0.3) is 0 Å². The molecule has 98 valence electrons. The first kappa shape index (κ1) is 13.9. The van der Waals surface area contributed by atoms with Gasteiger partial charge in [-0.2, -0.15) is 0 Å². The average Bonchev–Trinajstić information content (AvgIpc) is 2.37. The van der Waals surface area contributed by atoms with E-state index in [9.17, 15) is 4.79 Å². The first-order chi connectivity index (χ1) is 9.06. The van der Waals surface area contributed by atoms with Crippen LogP contribution in [-0.4, -0.2) is 12.4 Å². The standard InChI is InChI=1S/C15H12Cl2O2/c1-10-2-5-12(6-3-10)19-9-15(18)13-7-4-11(16)8-14(13)17/h2-8H,9H2,1H3. The Balaban J connectivity index is 2.03. The van der Waals surface area contributed by atoms with Crippen LogP contribution < -0.4 is 4.74 Å². The predicted molar refractivity (Wildman–Crippen MR) is 77.5 cm³/mol. The minimum atomic E-state index is -0.178. The predicted octanol–water partition coefficient (Wildman–Crippen LogP) is 4.56. The molecule has 2 aromatic rings. The summed E-state index contributed by atoms with van der Waals surface area (Å²) >= 11 is 11.7. The number of aryl methyl sites for hydroxylation is 1. The molecule has 0 bridgehead atoms. The van der Waals surface area contributed by atoms with E-state index in [4.69, 9.17) is 27.9 Å². The van der Waals surface area contributed by atoms with Crippen LogP contribution in [0.15, 0.2) is 42.5 Å². The van der Waals surface area contributed by atoms with E-state index in [1.807, 2.05) is 31.2 Å². The van der Waals surface area contributed by atoms with Gasteiger partial charge >= 0.3 is 0 Å². The molecule has 0 unspecified atom stereocenters. The van der Waals surface area contributed by atoms with Crippen molar-refractivity contribution in [3.8, 4) is 5.75 Å². The monoisotopic (exact) mass is 294 g/mol. The lowest BCUT2D eigenvalue weighted by Gasteiger charge is -2.07. The summed E-state index contributed by atoms with van der Waals surface area (Å²) in [6, 6.07) is 12.3. The van der Waals surface area contributed by atoms with Crippen molar-refractivity contribution in [1.29, 1.82) is 0 Å². The second-order valence-electron chi connectivity index (χ2n) is 4.15. The third-order valence-electron chi connectivity index (χ3n) is 2.62. The average molecular weight is 295 g/mol. The van der Waals surface area contributed by atoms with Crippen molar-refractivity contribution < 1.29 is 9.53 Å². The van der Waals surface area contributed by atoms with Crippen molar-refractivity contribution in [2.45, 2.75) is 6.92 Å². The molecule has 0 aliphatic carbocycles. The molecule has 0 amide bonds. The van der Waals surface area contributed by atoms with Crippen molar-refractivity contribution in [3.63, 3.8) is 0 Å². The number of carbonyl (C=O) groups excluding carboxylic acids is 1. The molecule has 0 aliphatic heterocycles. The lowest BCUT2D eigenvalue weighted by molar-refractivity contribution is 0.0921. The molecule has 2 nitrogen and oxygen atoms in total. The van der Waals surface area contributed by atoms with Crippen LogP contribution in [0.5, 0.6) is 5.75 Å². The van der Waals surface area contributed by atoms with Gasteiger partial charge in [0.1, 0.15) is 5.75 Å². The van der Waals surface area contributed by atoms with Crippen molar-refractivity contribution in [1.82, 2.24) is 0 Å². The van der Waals surface area contributed by atoms with Gasteiger partial charge in [-0.05, 0) is 37.3 Å². The number of halogens is 2. The highest BCUT2D eigenvalue weighted by molar-refractivity contribution is 6.36. The van der Waals surface area contributed by atoms with Crippen molar-refractivity contribution in [2.75, 3.05) is 6.61 Å². The molecule has 2 aromatic carbocycles. The highest BCUT2D eigenvalue weighted by atomic mass is 35.5. The molecule has 0 heterocycles. The Labute approximate surface area is 121 Å². The second-order valence-corrected chi connectivity index (χ2v) is 4.99. The summed E-state index contributed by atoms with van der Waals surface area (Å²) in [6.07, 6.45) is 0. The van der Waals surface area contributed by atoms with Gasteiger partial charge in [0.05, 0.1) is 5.02 Å². The summed E-state index contributed by atoms with van der Waals surface area (Å²) in [6.45, 7) is 1.94. The van der Waals surface area contributed by atoms with E-state index < -0.39 is 0 Å². The Morgan fingerprint density at radius 1 is 1.11 bits per heavy atom. The van der Waals surface area contributed by atoms with Gasteiger partial charge in [-0.1, -0.05) is 40.9 Å². The van der Waals surface area contributed by atoms with Crippen molar-refractivity contribution in [2.24, 2.45) is 0 Å². The molecule has 0 saturated heterocycles. The zero-order chi connectivity index (χ0) is 13.8. The van der Waals surface area contributed by atoms with Crippen LogP contribution in [0.1, 0.15) is 15.9 Å². The summed E-state index contributed by atoms with van der Waals surface area (Å²) in [5.74, 6) is 0.478. The maximum atomic E-state index is 12.0. The lowest BCUT2D eigenvalue weighted by atomic mass is 10.1. The first-order valence-corrected chi connectivity index (χ1v) is 6.49. The molecular weight excluding hydrogens is 283 g/mol. The number of ketones is 1. The molecule has 0 atom stereocenters. The molecule has 0 saturated carbocycles. The Morgan fingerprint density at radius 3 is 2.42 bits per heavy atom. The summed E-state index contributed by atoms with van der Waals surface area (Å²) < 4.78 is 5.42. The quantitative estimate of drug-likeness (QED) is 0.773. The van der Waals surface area contributed by atoms with Crippen LogP contribution in [0.2, 0.25) is 10.0 Å². The number of hydrogen-bond donors (Lipinski definition) is 0. The topological polar surface area (TPSA) is 26.3 Å². The fourth-order valence-electron chi connectivity index (χ4n) is 1.58. The number of rotatable bonds is 4. The summed E-state index contributed by atoms with van der Waals surface area (Å²) in [5, 5.41) is 0.839. The number of hydrogen-bond acceptors (Lipinski definition) is 2. The van der Waals surface area contributed by atoms with Crippen LogP contribution in [0.3, 0.4) is 0 Å². The maximum absolute atomic E-state index is 12.0. The fourth-order valence-corrected chi connectivity index (χ4v) is 2.09. The van der Waals surface area contributed by atoms with Gasteiger partial charge in [-0.15, -0.1) is 0 Å². The van der Waals surface area contributed by atoms with E-state index in [1.165, 1.54) is 0 Å². The molecular formula is C15H12Cl2O2. The third kappa shape index (κ3) is 3.72. The maximum Gasteiger partial charge on any atom is 0.201 e. The molecule has 0 fully saturated rings. The molecule has 2 rings (SSSR count). The smallest absolute Gasteiger partial charge is 0.201 e. The van der Waals surface area contributed by atoms with Gasteiger partial charge in [-0.25, -0.2) is 0 Å². The van der Waals surface area contributed by atoms with E-state index >= 15 is 0 Å². The summed E-state index contributed by atoms with van der Waals surface area (Å²) in [7, 11) is 0. The fraction of sp³-hybridized carbons (Fsp3) is 0.133. The van der Waals surface area contributed by atoms with E-state index in [0.717, 1.165) is 5.56 Å². The molecule has 0 N–H and O–H groups in total. The van der Waals surface area contributed by atoms with Gasteiger partial charge in [-0.3, -0.25) is 4.79 Å². The molecule has 4 heteroatoms. The minimum Gasteiger partial charge on any atom is -0.485 e. The SMILES string of the molecule is Cc1ccc(OCC(=O)c2ccc(Cl)cc2Cl)cc1. The Hall–Kier alpha value is -1.51. The zero-order valence-electron chi connectivity index (χ0n) is 10.3. The minimum absolute atomic E-state index is 0.0512. The van der Waals surface area contributed by atoms with Crippen LogP contribution in [-0.2, 0) is 0 Å². The van der Waals surface area contributed by atoms with Crippen LogP contribution >= 0.6 is 23.2 Å². The van der Waals surface area contributed by atoms with Gasteiger partial charge in [0.15, 0.2) is 6.61 Å². The normalized spacial score (nSPS) is 10.3. The molecule has 0 aliphatic rings. The number of benzene rings is 2. The number of ether oxygens (including phenoxy) is 1. The van der Waals surface area contributed by atoms with Crippen molar-refractivity contribution in [3.05, 3.63) is 63.6 Å². The second kappa shape index (κ2) is 6.09. The largest absolute Gasteiger partial charge is 0.485 e. The lowest BCUT2D eigenvalue weighted by Crippen LogP contribution is -2.12. The van der Waals surface area contributed by atoms with Gasteiger partial charge < -0.3 is 4.74 Å². The number of Topliss-reactive ketones (excluding diaryl/α,β-unsaturated/α-hetero) is 1. The molecule has 0 spiro atoms. The molecule has 0 radical (unpaired) electrons. The van der Waals surface area contributed by atoms with E-state index in [-0.39, 0.29) is 12.4 Å². The highest BCUT2D eigenvalue weighted by Gasteiger charge is 2.11. The van der Waals surface area contributed by atoms with E-state index in [1.54, 1.807) is 18.2 Å². The third-order valence-corrected chi connectivity index (χ3v) is 3.17. The van der Waals surface area contributed by atoms with Gasteiger partial charge in [0.25, 0.3) is 0 Å².